The molecule has 0 radical (unpaired) electrons. The number of nitrogens with zero attached hydrogens (tertiary/aromatic N) is 4. The number of piperidine rings is 1. The van der Waals surface area contributed by atoms with Crippen LogP contribution in [0, 0.1) is 0 Å². The van der Waals surface area contributed by atoms with Gasteiger partial charge in [-0.1, -0.05) is 18.2 Å². The minimum atomic E-state index is -0.856. The number of carbonyl (C=O) groups excluding carboxylic acids is 2. The highest BCUT2D eigenvalue weighted by Crippen LogP contribution is 2.27. The van der Waals surface area contributed by atoms with Gasteiger partial charge in [0.25, 0.3) is 0 Å². The van der Waals surface area contributed by atoms with E-state index in [0.29, 0.717) is 32.5 Å². The van der Waals surface area contributed by atoms with Crippen molar-refractivity contribution in [3.8, 4) is 5.75 Å². The van der Waals surface area contributed by atoms with Crippen LogP contribution in [0.25, 0.3) is 0 Å². The van der Waals surface area contributed by atoms with Crippen molar-refractivity contribution in [2.45, 2.75) is 44.1 Å². The number of para-hydroxylation sites is 1. The van der Waals surface area contributed by atoms with Crippen LogP contribution < -0.4 is 4.74 Å². The molecule has 2 aromatic rings. The lowest BCUT2D eigenvalue weighted by Gasteiger charge is -2.43. The van der Waals surface area contributed by atoms with Gasteiger partial charge >= 0.3 is 0 Å². The van der Waals surface area contributed by atoms with Gasteiger partial charge in [-0.05, 0) is 43.9 Å². The van der Waals surface area contributed by atoms with Crippen molar-refractivity contribution in [3.63, 3.8) is 0 Å². The third-order valence-corrected chi connectivity index (χ3v) is 6.55. The fourth-order valence-corrected chi connectivity index (χ4v) is 4.60. The fourth-order valence-electron chi connectivity index (χ4n) is 4.60. The molecule has 8 heteroatoms. The van der Waals surface area contributed by atoms with Crippen LogP contribution in [0.5, 0.6) is 5.75 Å². The Labute approximate surface area is 195 Å². The van der Waals surface area contributed by atoms with E-state index >= 15 is 0 Å². The average molecular weight is 455 g/mol. The molecule has 0 spiro atoms. The van der Waals surface area contributed by atoms with Crippen molar-refractivity contribution in [2.24, 2.45) is 7.05 Å². The van der Waals surface area contributed by atoms with Crippen LogP contribution in [-0.2, 0) is 27.8 Å². The molecule has 3 heterocycles. The third kappa shape index (κ3) is 6.13. The quantitative estimate of drug-likeness (QED) is 0.612. The first-order chi connectivity index (χ1) is 16.0. The van der Waals surface area contributed by atoms with Gasteiger partial charge in [0.15, 0.2) is 0 Å². The molecule has 0 bridgehead atoms. The minimum Gasteiger partial charge on any atom is -0.490 e. The second-order valence-corrected chi connectivity index (χ2v) is 9.01. The van der Waals surface area contributed by atoms with Crippen LogP contribution in [0.2, 0.25) is 0 Å². The molecule has 0 saturated carbocycles. The van der Waals surface area contributed by atoms with Gasteiger partial charge in [-0.3, -0.25) is 14.3 Å². The van der Waals surface area contributed by atoms with Crippen LogP contribution in [0.15, 0.2) is 42.6 Å². The van der Waals surface area contributed by atoms with Crippen LogP contribution in [0.3, 0.4) is 0 Å². The number of ether oxygens (including phenoxy) is 2. The van der Waals surface area contributed by atoms with Crippen LogP contribution in [-0.4, -0.2) is 76.4 Å². The second-order valence-electron chi connectivity index (χ2n) is 9.01. The zero-order chi connectivity index (χ0) is 23.1. The summed E-state index contributed by atoms with van der Waals surface area (Å²) in [7, 11) is 1.88. The molecule has 2 saturated heterocycles. The summed E-state index contributed by atoms with van der Waals surface area (Å²) in [4.78, 5) is 30.0. The highest BCUT2D eigenvalue weighted by molar-refractivity contribution is 5.79. The van der Waals surface area contributed by atoms with E-state index in [-0.39, 0.29) is 24.8 Å². The van der Waals surface area contributed by atoms with Gasteiger partial charge in [0, 0.05) is 45.0 Å². The number of aryl methyl sites for hydroxylation is 2. The Morgan fingerprint density at radius 3 is 2.55 bits per heavy atom. The summed E-state index contributed by atoms with van der Waals surface area (Å²) in [6.07, 6.45) is 6.24. The van der Waals surface area contributed by atoms with E-state index < -0.39 is 5.60 Å². The first kappa shape index (κ1) is 23.3. The second kappa shape index (κ2) is 10.8. The highest BCUT2D eigenvalue weighted by Gasteiger charge is 2.42. The van der Waals surface area contributed by atoms with Gasteiger partial charge in [-0.25, -0.2) is 0 Å². The Morgan fingerprint density at radius 1 is 1.03 bits per heavy atom. The van der Waals surface area contributed by atoms with Gasteiger partial charge in [0.05, 0.1) is 19.6 Å². The van der Waals surface area contributed by atoms with Crippen LogP contribution in [0.4, 0.5) is 0 Å². The standard InChI is InChI=1S/C25H34N4O4/c1-27-21(12-13-26-27)10-11-23(30)29-16-17-33-25(19-29,20-32-22-8-4-2-5-9-22)18-24(31)28-14-6-3-7-15-28/h2,4-5,8-9,12-13H,3,6-7,10-11,14-20H2,1H3/t25-/m0/s1. The molecular weight excluding hydrogens is 420 g/mol. The fraction of sp³-hybridized carbons (Fsp3) is 0.560. The Hall–Kier alpha value is -2.87. The number of morpholine rings is 1. The number of likely N-dealkylation sites (tertiary alicyclic amines) is 1. The van der Waals surface area contributed by atoms with E-state index in [9.17, 15) is 9.59 Å². The summed E-state index contributed by atoms with van der Waals surface area (Å²) in [6, 6.07) is 11.5. The van der Waals surface area contributed by atoms with E-state index in [2.05, 4.69) is 5.10 Å². The lowest BCUT2D eigenvalue weighted by Crippen LogP contribution is -2.58. The largest absolute Gasteiger partial charge is 0.490 e. The molecule has 2 aliphatic heterocycles. The lowest BCUT2D eigenvalue weighted by molar-refractivity contribution is -0.166. The molecule has 1 aromatic carbocycles. The Bertz CT molecular complexity index is 925. The van der Waals surface area contributed by atoms with E-state index in [0.717, 1.165) is 37.4 Å². The molecule has 0 unspecified atom stereocenters. The monoisotopic (exact) mass is 454 g/mol. The minimum absolute atomic E-state index is 0.0639. The Balaban J connectivity index is 1.44. The smallest absolute Gasteiger partial charge is 0.225 e. The van der Waals surface area contributed by atoms with Crippen LogP contribution in [0.1, 0.15) is 37.8 Å². The molecule has 2 amide bonds. The number of benzene rings is 1. The van der Waals surface area contributed by atoms with Gasteiger partial charge in [-0.15, -0.1) is 0 Å². The average Bonchev–Trinajstić information content (AvgIpc) is 3.27. The maximum absolute atomic E-state index is 13.2. The molecule has 2 fully saturated rings. The molecular formula is C25H34N4O4. The number of carbonyl (C=O) groups is 2. The summed E-state index contributed by atoms with van der Waals surface area (Å²) >= 11 is 0. The summed E-state index contributed by atoms with van der Waals surface area (Å²) in [5, 5.41) is 4.17. The van der Waals surface area contributed by atoms with Gasteiger partial charge in [0.2, 0.25) is 11.8 Å². The molecule has 1 atom stereocenters. The van der Waals surface area contributed by atoms with Gasteiger partial charge < -0.3 is 19.3 Å². The van der Waals surface area contributed by atoms with Crippen LogP contribution >= 0.6 is 0 Å². The summed E-state index contributed by atoms with van der Waals surface area (Å²) in [6.45, 7) is 3.08. The normalized spacial score (nSPS) is 21.1. The molecule has 2 aliphatic rings. The highest BCUT2D eigenvalue weighted by atomic mass is 16.5. The summed E-state index contributed by atoms with van der Waals surface area (Å²) in [5.41, 5.74) is 0.167. The van der Waals surface area contributed by atoms with Crippen molar-refractivity contribution < 1.29 is 19.1 Å². The lowest BCUT2D eigenvalue weighted by atomic mass is 9.95. The van der Waals surface area contributed by atoms with E-state index in [1.165, 1.54) is 6.42 Å². The molecule has 0 N–H and O–H groups in total. The number of rotatable bonds is 8. The molecule has 0 aliphatic carbocycles. The zero-order valence-electron chi connectivity index (χ0n) is 19.4. The maximum Gasteiger partial charge on any atom is 0.225 e. The molecule has 178 valence electrons. The van der Waals surface area contributed by atoms with Crippen molar-refractivity contribution in [1.82, 2.24) is 19.6 Å². The Kier molecular flexibility index (Phi) is 7.65. The third-order valence-electron chi connectivity index (χ3n) is 6.55. The molecule has 1 aromatic heterocycles. The maximum atomic E-state index is 13.2. The van der Waals surface area contributed by atoms with Gasteiger partial charge in [0.1, 0.15) is 18.0 Å². The van der Waals surface area contributed by atoms with Gasteiger partial charge in [-0.2, -0.15) is 5.10 Å². The summed E-state index contributed by atoms with van der Waals surface area (Å²) < 4.78 is 14.1. The molecule has 4 rings (SSSR count). The number of hydrogen-bond donors (Lipinski definition) is 0. The molecule has 33 heavy (non-hydrogen) atoms. The summed E-state index contributed by atoms with van der Waals surface area (Å²) in [5.74, 6) is 0.870. The number of hydrogen-bond acceptors (Lipinski definition) is 5. The van der Waals surface area contributed by atoms with Crippen molar-refractivity contribution >= 4 is 11.8 Å². The zero-order valence-corrected chi connectivity index (χ0v) is 19.4. The van der Waals surface area contributed by atoms with Crippen molar-refractivity contribution in [2.75, 3.05) is 39.4 Å². The Morgan fingerprint density at radius 2 is 1.82 bits per heavy atom. The first-order valence-corrected chi connectivity index (χ1v) is 11.9. The van der Waals surface area contributed by atoms with Crippen molar-refractivity contribution in [1.29, 1.82) is 0 Å². The molecule has 8 nitrogen and oxygen atoms in total. The van der Waals surface area contributed by atoms with E-state index in [1.807, 2.05) is 53.2 Å². The van der Waals surface area contributed by atoms with E-state index in [4.69, 9.17) is 9.47 Å². The number of aromatic nitrogens is 2. The predicted molar refractivity (Wildman–Crippen MR) is 124 cm³/mol. The predicted octanol–water partition coefficient (Wildman–Crippen LogP) is 2.43. The topological polar surface area (TPSA) is 76.9 Å². The van der Waals surface area contributed by atoms with Crippen molar-refractivity contribution in [3.05, 3.63) is 48.3 Å². The SMILES string of the molecule is Cn1nccc1CCC(=O)N1CCO[C@@](COc2ccccc2)(CC(=O)N2CCCCC2)C1. The first-order valence-electron chi connectivity index (χ1n) is 11.9. The number of amides is 2. The van der Waals surface area contributed by atoms with E-state index in [1.54, 1.807) is 10.9 Å².